The van der Waals surface area contributed by atoms with Crippen molar-refractivity contribution >= 4 is 28.9 Å². The topological polar surface area (TPSA) is 105 Å². The Balaban J connectivity index is 2.36. The Morgan fingerprint density at radius 1 is 1.50 bits per heavy atom. The Bertz CT molecular complexity index is 566. The fraction of sp³-hybridized carbons (Fsp3) is 0.400. The number of methoxy groups -OCH3 is 1. The zero-order valence-corrected chi connectivity index (χ0v) is 10.3. The Hall–Kier alpha value is -2.38. The Labute approximate surface area is 103 Å². The van der Waals surface area contributed by atoms with Gasteiger partial charge in [0.2, 0.25) is 5.95 Å². The molecule has 0 aliphatic carbocycles. The van der Waals surface area contributed by atoms with Crippen LogP contribution in [0.4, 0.5) is 11.8 Å². The molecule has 1 atom stereocenters. The maximum Gasteiger partial charge on any atom is 0.328 e. The van der Waals surface area contributed by atoms with Crippen LogP contribution in [0.2, 0.25) is 0 Å². The van der Waals surface area contributed by atoms with Crippen molar-refractivity contribution in [1.82, 2.24) is 19.9 Å². The van der Waals surface area contributed by atoms with E-state index in [9.17, 15) is 4.79 Å². The van der Waals surface area contributed by atoms with Crippen molar-refractivity contribution < 1.29 is 9.53 Å². The minimum Gasteiger partial charge on any atom is -0.467 e. The summed E-state index contributed by atoms with van der Waals surface area (Å²) in [5, 5.41) is 5.79. The Morgan fingerprint density at radius 2 is 2.28 bits per heavy atom. The number of hydrogen-bond acceptors (Lipinski definition) is 7. The van der Waals surface area contributed by atoms with Crippen LogP contribution in [-0.4, -0.2) is 46.1 Å². The number of anilines is 2. The number of hydrogen-bond donors (Lipinski definition) is 3. The molecule has 0 fully saturated rings. The number of fused-ring (bicyclic) bond motifs is 1. The first-order valence-corrected chi connectivity index (χ1v) is 5.39. The van der Waals surface area contributed by atoms with Gasteiger partial charge in [0.25, 0.3) is 0 Å². The van der Waals surface area contributed by atoms with Gasteiger partial charge in [-0.05, 0) is 6.92 Å². The van der Waals surface area contributed by atoms with Gasteiger partial charge in [0.05, 0.1) is 13.4 Å². The summed E-state index contributed by atoms with van der Waals surface area (Å²) in [4.78, 5) is 26.8. The lowest BCUT2D eigenvalue weighted by atomic mass is 10.3. The molecule has 0 saturated heterocycles. The Kier molecular flexibility index (Phi) is 3.26. The lowest BCUT2D eigenvalue weighted by Gasteiger charge is -2.13. The summed E-state index contributed by atoms with van der Waals surface area (Å²) in [6, 6.07) is -0.513. The van der Waals surface area contributed by atoms with Crippen molar-refractivity contribution in [2.24, 2.45) is 0 Å². The highest BCUT2D eigenvalue weighted by molar-refractivity contribution is 5.87. The molecule has 1 unspecified atom stereocenters. The van der Waals surface area contributed by atoms with Gasteiger partial charge in [-0.2, -0.15) is 9.97 Å². The van der Waals surface area contributed by atoms with Crippen molar-refractivity contribution in [2.75, 3.05) is 24.8 Å². The lowest BCUT2D eigenvalue weighted by molar-refractivity contribution is -0.141. The Morgan fingerprint density at radius 3 is 2.94 bits per heavy atom. The first-order chi connectivity index (χ1) is 8.65. The number of carbonyl (C=O) groups excluding carboxylic acids is 1. The summed E-state index contributed by atoms with van der Waals surface area (Å²) in [5.41, 5.74) is 1.17. The van der Waals surface area contributed by atoms with Crippen molar-refractivity contribution in [3.63, 3.8) is 0 Å². The third-order valence-electron chi connectivity index (χ3n) is 2.42. The van der Waals surface area contributed by atoms with Crippen LogP contribution in [-0.2, 0) is 9.53 Å². The average Bonchev–Trinajstić information content (AvgIpc) is 2.85. The monoisotopic (exact) mass is 250 g/mol. The minimum absolute atomic E-state index is 0.368. The molecule has 0 aliphatic heterocycles. The molecule has 2 aromatic heterocycles. The van der Waals surface area contributed by atoms with E-state index < -0.39 is 6.04 Å². The number of nitrogens with zero attached hydrogens (tertiary/aromatic N) is 3. The maximum absolute atomic E-state index is 11.4. The number of aromatic amines is 1. The molecule has 0 radical (unpaired) electrons. The number of nitrogens with one attached hydrogen (secondary N) is 3. The van der Waals surface area contributed by atoms with Gasteiger partial charge in [-0.15, -0.1) is 0 Å². The molecule has 0 aromatic carbocycles. The molecule has 96 valence electrons. The van der Waals surface area contributed by atoms with E-state index in [1.807, 2.05) is 0 Å². The van der Waals surface area contributed by atoms with E-state index >= 15 is 0 Å². The second kappa shape index (κ2) is 4.86. The van der Waals surface area contributed by atoms with Gasteiger partial charge < -0.3 is 20.4 Å². The predicted molar refractivity (Wildman–Crippen MR) is 66.3 cm³/mol. The molecule has 8 heteroatoms. The van der Waals surface area contributed by atoms with Gasteiger partial charge in [-0.3, -0.25) is 0 Å². The second-order valence-corrected chi connectivity index (χ2v) is 3.64. The normalized spacial score (nSPS) is 12.2. The van der Waals surface area contributed by atoms with Crippen LogP contribution in [0.15, 0.2) is 6.33 Å². The first-order valence-electron chi connectivity index (χ1n) is 5.39. The first kappa shape index (κ1) is 12.1. The number of imidazole rings is 1. The summed E-state index contributed by atoms with van der Waals surface area (Å²) in [5.74, 6) is 0.557. The van der Waals surface area contributed by atoms with E-state index in [-0.39, 0.29) is 5.97 Å². The van der Waals surface area contributed by atoms with Gasteiger partial charge in [-0.25, -0.2) is 9.78 Å². The summed E-state index contributed by atoms with van der Waals surface area (Å²) in [6.07, 6.45) is 1.52. The molecular formula is C10H14N6O2. The van der Waals surface area contributed by atoms with Crippen LogP contribution >= 0.6 is 0 Å². The molecule has 2 heterocycles. The average molecular weight is 250 g/mol. The van der Waals surface area contributed by atoms with Gasteiger partial charge in [-0.1, -0.05) is 0 Å². The highest BCUT2D eigenvalue weighted by Crippen LogP contribution is 2.19. The van der Waals surface area contributed by atoms with Crippen LogP contribution in [0.1, 0.15) is 6.92 Å². The summed E-state index contributed by atoms with van der Waals surface area (Å²) < 4.78 is 4.65. The van der Waals surface area contributed by atoms with Gasteiger partial charge in [0, 0.05) is 7.05 Å². The molecule has 0 aliphatic rings. The fourth-order valence-corrected chi connectivity index (χ4v) is 1.49. The van der Waals surface area contributed by atoms with E-state index in [4.69, 9.17) is 0 Å². The molecule has 8 nitrogen and oxygen atoms in total. The quantitative estimate of drug-likeness (QED) is 0.673. The number of ether oxygens (including phenoxy) is 1. The van der Waals surface area contributed by atoms with E-state index in [2.05, 4.69) is 35.3 Å². The highest BCUT2D eigenvalue weighted by atomic mass is 16.5. The summed E-state index contributed by atoms with van der Waals surface area (Å²) in [7, 11) is 3.05. The third-order valence-corrected chi connectivity index (χ3v) is 2.42. The van der Waals surface area contributed by atoms with Crippen molar-refractivity contribution in [3.05, 3.63) is 6.33 Å². The van der Waals surface area contributed by atoms with E-state index in [0.29, 0.717) is 22.9 Å². The highest BCUT2D eigenvalue weighted by Gasteiger charge is 2.16. The largest absolute Gasteiger partial charge is 0.467 e. The zero-order valence-electron chi connectivity index (χ0n) is 10.3. The molecule has 3 N–H and O–H groups in total. The van der Waals surface area contributed by atoms with Crippen LogP contribution in [0, 0.1) is 0 Å². The molecule has 2 aromatic rings. The predicted octanol–water partition coefficient (Wildman–Crippen LogP) is 0.368. The number of aromatic nitrogens is 4. The number of H-pyrrole nitrogens is 1. The number of carbonyl (C=O) groups is 1. The van der Waals surface area contributed by atoms with Gasteiger partial charge >= 0.3 is 5.97 Å². The third kappa shape index (κ3) is 2.17. The molecule has 0 saturated carbocycles. The molecule has 0 amide bonds. The van der Waals surface area contributed by atoms with E-state index in [0.717, 1.165) is 0 Å². The van der Waals surface area contributed by atoms with Gasteiger partial charge in [0.15, 0.2) is 11.5 Å². The second-order valence-electron chi connectivity index (χ2n) is 3.64. The van der Waals surface area contributed by atoms with Gasteiger partial charge in [0.1, 0.15) is 11.6 Å². The summed E-state index contributed by atoms with van der Waals surface area (Å²) in [6.45, 7) is 1.69. The van der Waals surface area contributed by atoms with Crippen LogP contribution in [0.3, 0.4) is 0 Å². The van der Waals surface area contributed by atoms with Crippen molar-refractivity contribution in [3.8, 4) is 0 Å². The van der Waals surface area contributed by atoms with E-state index in [1.54, 1.807) is 14.0 Å². The molecule has 0 spiro atoms. The van der Waals surface area contributed by atoms with Crippen LogP contribution in [0.5, 0.6) is 0 Å². The van der Waals surface area contributed by atoms with Crippen molar-refractivity contribution in [2.45, 2.75) is 13.0 Å². The lowest BCUT2D eigenvalue weighted by Crippen LogP contribution is -2.27. The fourth-order valence-electron chi connectivity index (χ4n) is 1.49. The molecular weight excluding hydrogens is 236 g/mol. The summed E-state index contributed by atoms with van der Waals surface area (Å²) >= 11 is 0. The SMILES string of the molecule is CNc1nc(NC(C)C(=O)OC)c2[nH]cnc2n1. The van der Waals surface area contributed by atoms with E-state index in [1.165, 1.54) is 13.4 Å². The number of esters is 1. The maximum atomic E-state index is 11.4. The smallest absolute Gasteiger partial charge is 0.328 e. The van der Waals surface area contributed by atoms with Crippen molar-refractivity contribution in [1.29, 1.82) is 0 Å². The molecule has 2 rings (SSSR count). The zero-order chi connectivity index (χ0) is 13.1. The minimum atomic E-state index is -0.513. The van der Waals surface area contributed by atoms with Crippen LogP contribution < -0.4 is 10.6 Å². The molecule has 0 bridgehead atoms. The standard InChI is InChI=1S/C10H14N6O2/c1-5(9(17)18-3)14-8-6-7(13-4-12-6)15-10(11-2)16-8/h4-5H,1-3H3,(H3,11,12,13,14,15,16). The molecule has 18 heavy (non-hydrogen) atoms. The van der Waals surface area contributed by atoms with Crippen LogP contribution in [0.25, 0.3) is 11.2 Å². The number of rotatable bonds is 4.